The van der Waals surface area contributed by atoms with E-state index in [1.807, 2.05) is 6.07 Å². The molecule has 2 aromatic heterocycles. The lowest BCUT2D eigenvalue weighted by atomic mass is 9.77. The van der Waals surface area contributed by atoms with Crippen molar-refractivity contribution >= 4 is 11.9 Å². The van der Waals surface area contributed by atoms with Crippen molar-refractivity contribution in [2.45, 2.75) is 24.6 Å². The van der Waals surface area contributed by atoms with E-state index in [9.17, 15) is 19.8 Å². The molecule has 4 aromatic rings. The van der Waals surface area contributed by atoms with Crippen molar-refractivity contribution in [2.75, 3.05) is 14.2 Å². The van der Waals surface area contributed by atoms with E-state index in [1.54, 1.807) is 53.1 Å². The summed E-state index contributed by atoms with van der Waals surface area (Å²) in [4.78, 5) is 33.0. The summed E-state index contributed by atoms with van der Waals surface area (Å²) in [6.45, 7) is 0.0334. The number of ether oxygens (including phenoxy) is 3. The van der Waals surface area contributed by atoms with E-state index >= 15 is 0 Å². The van der Waals surface area contributed by atoms with Gasteiger partial charge in [0.2, 0.25) is 17.9 Å². The number of hydrogen-bond acceptors (Lipinski definition) is 10. The number of para-hydroxylation sites is 1. The predicted octanol–water partition coefficient (Wildman–Crippen LogP) is 1.58. The summed E-state index contributed by atoms with van der Waals surface area (Å²) in [5, 5.41) is 31.7. The normalized spacial score (nSPS) is 16.8. The van der Waals surface area contributed by atoms with Gasteiger partial charge in [-0.25, -0.2) is 4.79 Å². The van der Waals surface area contributed by atoms with E-state index < -0.39 is 23.6 Å². The van der Waals surface area contributed by atoms with Gasteiger partial charge in [0.1, 0.15) is 17.8 Å². The number of nitrogens with one attached hydrogen (secondary N) is 1. The van der Waals surface area contributed by atoms with Gasteiger partial charge in [0, 0.05) is 5.56 Å². The number of fused-ring (bicyclic) bond motifs is 3. The zero-order valence-electron chi connectivity index (χ0n) is 20.9. The molecule has 200 valence electrons. The van der Waals surface area contributed by atoms with Crippen LogP contribution in [0.4, 0.5) is 0 Å². The molecule has 0 radical (unpaired) electrons. The predicted molar refractivity (Wildman–Crippen MR) is 134 cm³/mol. The van der Waals surface area contributed by atoms with Crippen molar-refractivity contribution in [1.29, 1.82) is 0 Å². The molecule has 13 heteroatoms. The molecule has 1 aliphatic rings. The molecule has 1 aliphatic heterocycles. The second-order valence-electron chi connectivity index (χ2n) is 8.55. The van der Waals surface area contributed by atoms with Gasteiger partial charge in [-0.3, -0.25) is 14.7 Å². The standard InChI is InChI=1S/C26H24N6O7/c1-37-20-13-21(38-2)29-25(28-20)39-23(24(35)36)26(15-8-4-3-5-9-15)16-10-6-7-11-17(16)32-18(12-22(33)34)30-31-19(32)14-27-26/h3-11,13,23,27H,12,14H2,1-2H3,(H,33,34)(H,35,36). The lowest BCUT2D eigenvalue weighted by molar-refractivity contribution is -0.149. The lowest BCUT2D eigenvalue weighted by Gasteiger charge is -2.39. The average Bonchev–Trinajstić information content (AvgIpc) is 3.27. The summed E-state index contributed by atoms with van der Waals surface area (Å²) < 4.78 is 18.1. The highest BCUT2D eigenvalue weighted by Gasteiger charge is 2.51. The van der Waals surface area contributed by atoms with E-state index in [4.69, 9.17) is 14.2 Å². The van der Waals surface area contributed by atoms with Crippen LogP contribution in [0.5, 0.6) is 17.8 Å². The number of methoxy groups -OCH3 is 2. The van der Waals surface area contributed by atoms with Gasteiger partial charge in [0.15, 0.2) is 5.82 Å². The molecule has 0 spiro atoms. The first-order valence-corrected chi connectivity index (χ1v) is 11.8. The number of carboxylic acids is 2. The van der Waals surface area contributed by atoms with Gasteiger partial charge in [0.05, 0.1) is 32.5 Å². The monoisotopic (exact) mass is 532 g/mol. The van der Waals surface area contributed by atoms with Crippen molar-refractivity contribution in [3.63, 3.8) is 0 Å². The van der Waals surface area contributed by atoms with Gasteiger partial charge in [-0.15, -0.1) is 10.2 Å². The van der Waals surface area contributed by atoms with Crippen LogP contribution >= 0.6 is 0 Å². The van der Waals surface area contributed by atoms with E-state index in [1.165, 1.54) is 20.3 Å². The van der Waals surface area contributed by atoms with E-state index in [0.717, 1.165) is 0 Å². The van der Waals surface area contributed by atoms with Crippen LogP contribution < -0.4 is 19.5 Å². The summed E-state index contributed by atoms with van der Waals surface area (Å²) in [5.74, 6) is -1.55. The topological polar surface area (TPSA) is 171 Å². The summed E-state index contributed by atoms with van der Waals surface area (Å²) in [6.07, 6.45) is -2.01. The number of carboxylic acid groups (broad SMARTS) is 2. The molecule has 5 rings (SSSR count). The molecule has 0 fully saturated rings. The Kier molecular flexibility index (Phi) is 6.81. The summed E-state index contributed by atoms with van der Waals surface area (Å²) in [6, 6.07) is 17.1. The SMILES string of the molecule is COc1cc(OC)nc(OC(C(=O)O)C2(c3ccccc3)NCc3nnc(CC(=O)O)n3-c3ccccc32)n1. The van der Waals surface area contributed by atoms with Gasteiger partial charge < -0.3 is 24.4 Å². The van der Waals surface area contributed by atoms with E-state index in [2.05, 4.69) is 25.5 Å². The summed E-state index contributed by atoms with van der Waals surface area (Å²) in [7, 11) is 2.80. The third-order valence-corrected chi connectivity index (χ3v) is 6.35. The van der Waals surface area contributed by atoms with Gasteiger partial charge in [-0.05, 0) is 11.6 Å². The zero-order valence-corrected chi connectivity index (χ0v) is 20.9. The average molecular weight is 533 g/mol. The molecule has 3 N–H and O–H groups in total. The van der Waals surface area contributed by atoms with Crippen LogP contribution in [0.2, 0.25) is 0 Å². The Morgan fingerprint density at radius 3 is 2.31 bits per heavy atom. The van der Waals surface area contributed by atoms with Crippen LogP contribution in [-0.2, 0) is 28.1 Å². The first kappa shape index (κ1) is 25.6. The minimum atomic E-state index is -1.63. The van der Waals surface area contributed by atoms with Crippen molar-refractivity contribution < 1.29 is 34.0 Å². The van der Waals surface area contributed by atoms with Gasteiger partial charge in [0.25, 0.3) is 0 Å². The first-order valence-electron chi connectivity index (χ1n) is 11.8. The minimum absolute atomic E-state index is 0.0334. The number of nitrogens with zero attached hydrogens (tertiary/aromatic N) is 5. The van der Waals surface area contributed by atoms with Crippen LogP contribution in [0.1, 0.15) is 22.8 Å². The summed E-state index contributed by atoms with van der Waals surface area (Å²) >= 11 is 0. The van der Waals surface area contributed by atoms with Crippen molar-refractivity contribution in [2.24, 2.45) is 0 Å². The molecule has 3 heterocycles. The maximum atomic E-state index is 13.0. The Labute approximate surface area is 222 Å². The van der Waals surface area contributed by atoms with Crippen LogP contribution in [0.15, 0.2) is 60.7 Å². The van der Waals surface area contributed by atoms with Crippen LogP contribution in [0.3, 0.4) is 0 Å². The molecule has 0 saturated heterocycles. The molecule has 0 bridgehead atoms. The number of carbonyl (C=O) groups is 2. The second-order valence-corrected chi connectivity index (χ2v) is 8.55. The maximum Gasteiger partial charge on any atom is 0.347 e. The van der Waals surface area contributed by atoms with Crippen LogP contribution in [0, 0.1) is 0 Å². The molecule has 0 amide bonds. The molecule has 2 aromatic carbocycles. The molecule has 0 saturated carbocycles. The van der Waals surface area contributed by atoms with Gasteiger partial charge in [-0.2, -0.15) is 9.97 Å². The third kappa shape index (κ3) is 4.59. The van der Waals surface area contributed by atoms with E-state index in [0.29, 0.717) is 22.6 Å². The first-order chi connectivity index (χ1) is 18.9. The second kappa shape index (κ2) is 10.4. The van der Waals surface area contributed by atoms with E-state index in [-0.39, 0.29) is 36.6 Å². The number of rotatable bonds is 9. The highest BCUT2D eigenvalue weighted by atomic mass is 16.5. The van der Waals surface area contributed by atoms with Crippen molar-refractivity contribution in [3.8, 4) is 23.5 Å². The quantitative estimate of drug-likeness (QED) is 0.285. The van der Waals surface area contributed by atoms with Crippen molar-refractivity contribution in [3.05, 3.63) is 83.4 Å². The number of aliphatic carboxylic acids is 2. The minimum Gasteiger partial charge on any atom is -0.481 e. The fraction of sp³-hybridized carbons (Fsp3) is 0.231. The zero-order chi connectivity index (χ0) is 27.6. The molecule has 2 unspecified atom stereocenters. The molecule has 39 heavy (non-hydrogen) atoms. The maximum absolute atomic E-state index is 13.0. The smallest absolute Gasteiger partial charge is 0.347 e. The van der Waals surface area contributed by atoms with Crippen molar-refractivity contribution in [1.82, 2.24) is 30.0 Å². The molecule has 2 atom stereocenters. The fourth-order valence-corrected chi connectivity index (χ4v) is 4.73. The Bertz CT molecular complexity index is 1500. The third-order valence-electron chi connectivity index (χ3n) is 6.35. The Hall–Kier alpha value is -5.04. The largest absolute Gasteiger partial charge is 0.481 e. The number of aromatic nitrogens is 5. The Morgan fingerprint density at radius 2 is 1.67 bits per heavy atom. The fourth-order valence-electron chi connectivity index (χ4n) is 4.73. The highest BCUT2D eigenvalue weighted by Crippen LogP contribution is 2.41. The van der Waals surface area contributed by atoms with Gasteiger partial charge >= 0.3 is 17.9 Å². The molecular weight excluding hydrogens is 508 g/mol. The number of hydrogen-bond donors (Lipinski definition) is 3. The Morgan fingerprint density at radius 1 is 1.00 bits per heavy atom. The Balaban J connectivity index is 1.76. The highest BCUT2D eigenvalue weighted by molar-refractivity contribution is 5.78. The molecular formula is C26H24N6O7. The lowest BCUT2D eigenvalue weighted by Crippen LogP contribution is -2.57. The van der Waals surface area contributed by atoms with Gasteiger partial charge in [-0.1, -0.05) is 48.5 Å². The molecule has 0 aliphatic carbocycles. The van der Waals surface area contributed by atoms with Crippen LogP contribution in [-0.4, -0.2) is 67.2 Å². The number of benzene rings is 2. The molecule has 13 nitrogen and oxygen atoms in total. The van der Waals surface area contributed by atoms with Crippen LogP contribution in [0.25, 0.3) is 5.69 Å². The summed E-state index contributed by atoms with van der Waals surface area (Å²) in [5.41, 5.74) is 0.0355.